The molecule has 1 saturated carbocycles. The number of nitrogens with one attached hydrogen (secondary N) is 2. The van der Waals surface area contributed by atoms with Gasteiger partial charge in [-0.3, -0.25) is 4.79 Å². The molecular weight excluding hydrogens is 282 g/mol. The van der Waals surface area contributed by atoms with Gasteiger partial charge in [0.2, 0.25) is 15.9 Å². The number of nitrogens with zero attached hydrogens (tertiary/aromatic N) is 1. The number of carbonyl (C=O) groups is 1. The maximum Gasteiger partial charge on any atom is 0.246 e. The average molecular weight is 301 g/mol. The first-order valence-corrected chi connectivity index (χ1v) is 8.00. The Kier molecular flexibility index (Phi) is 3.88. The number of hydrogen-bond donors (Lipinski definition) is 2. The van der Waals surface area contributed by atoms with E-state index in [1.54, 1.807) is 6.92 Å². The lowest BCUT2D eigenvalue weighted by atomic mass is 9.98. The molecule has 1 heterocycles. The number of rotatable bonds is 4. The molecule has 1 amide bonds. The second-order valence-corrected chi connectivity index (χ2v) is 6.75. The quantitative estimate of drug-likeness (QED) is 0.849. The Morgan fingerprint density at radius 3 is 2.35 bits per heavy atom. The van der Waals surface area contributed by atoms with Crippen molar-refractivity contribution in [2.75, 3.05) is 7.05 Å². The second-order valence-electron chi connectivity index (χ2n) is 5.13. The van der Waals surface area contributed by atoms with Gasteiger partial charge in [-0.05, 0) is 26.7 Å². The van der Waals surface area contributed by atoms with E-state index in [0.29, 0.717) is 18.5 Å². The number of amides is 1. The molecule has 7 nitrogen and oxygen atoms in total. The number of aryl methyl sites for hydroxylation is 2. The lowest BCUT2D eigenvalue weighted by Crippen LogP contribution is -2.56. The molecule has 1 aromatic heterocycles. The molecule has 1 fully saturated rings. The van der Waals surface area contributed by atoms with Crippen LogP contribution in [0.5, 0.6) is 0 Å². The van der Waals surface area contributed by atoms with E-state index < -0.39 is 15.6 Å². The summed E-state index contributed by atoms with van der Waals surface area (Å²) in [6.07, 6.45) is 2.62. The molecule has 112 valence electrons. The van der Waals surface area contributed by atoms with Crippen LogP contribution in [-0.2, 0) is 14.8 Å². The molecule has 2 rings (SSSR count). The Bertz CT molecular complexity index is 595. The summed E-state index contributed by atoms with van der Waals surface area (Å²) in [5.41, 5.74) is -0.774. The van der Waals surface area contributed by atoms with Gasteiger partial charge in [0.25, 0.3) is 0 Å². The SMILES string of the molecule is CNC(=O)C1(NS(=O)(=O)c2c(C)noc2C)CCCC1. The summed E-state index contributed by atoms with van der Waals surface area (Å²) >= 11 is 0. The Labute approximate surface area is 118 Å². The smallest absolute Gasteiger partial charge is 0.246 e. The zero-order valence-corrected chi connectivity index (χ0v) is 12.6. The number of likely N-dealkylation sites (N-methyl/N-ethyl adjacent to an activating group) is 1. The van der Waals surface area contributed by atoms with Crippen LogP contribution in [0.15, 0.2) is 9.42 Å². The molecule has 2 N–H and O–H groups in total. The fourth-order valence-electron chi connectivity index (χ4n) is 2.76. The average Bonchev–Trinajstić information content (AvgIpc) is 2.96. The second kappa shape index (κ2) is 5.17. The van der Waals surface area contributed by atoms with E-state index in [2.05, 4.69) is 15.2 Å². The largest absolute Gasteiger partial charge is 0.360 e. The van der Waals surface area contributed by atoms with Crippen molar-refractivity contribution in [2.24, 2.45) is 0 Å². The highest BCUT2D eigenvalue weighted by atomic mass is 32.2. The van der Waals surface area contributed by atoms with Gasteiger partial charge in [0.05, 0.1) is 0 Å². The normalized spacial score (nSPS) is 18.1. The van der Waals surface area contributed by atoms with Crippen LogP contribution >= 0.6 is 0 Å². The van der Waals surface area contributed by atoms with E-state index in [9.17, 15) is 13.2 Å². The zero-order chi connectivity index (χ0) is 15.0. The van der Waals surface area contributed by atoms with Crippen molar-refractivity contribution in [1.29, 1.82) is 0 Å². The van der Waals surface area contributed by atoms with Gasteiger partial charge in [-0.2, -0.15) is 4.72 Å². The first-order chi connectivity index (χ1) is 9.32. The van der Waals surface area contributed by atoms with Crippen molar-refractivity contribution in [3.05, 3.63) is 11.5 Å². The van der Waals surface area contributed by atoms with Gasteiger partial charge < -0.3 is 9.84 Å². The van der Waals surface area contributed by atoms with E-state index in [1.807, 2.05) is 0 Å². The Balaban J connectivity index is 2.38. The Morgan fingerprint density at radius 2 is 1.90 bits per heavy atom. The summed E-state index contributed by atoms with van der Waals surface area (Å²) in [6.45, 7) is 3.10. The van der Waals surface area contributed by atoms with Gasteiger partial charge in [0.15, 0.2) is 5.76 Å². The summed E-state index contributed by atoms with van der Waals surface area (Å²) in [6, 6.07) is 0. The van der Waals surface area contributed by atoms with Crippen LogP contribution in [0.3, 0.4) is 0 Å². The van der Waals surface area contributed by atoms with Crippen LogP contribution in [0.25, 0.3) is 0 Å². The summed E-state index contributed by atoms with van der Waals surface area (Å²) in [5.74, 6) is -0.0783. The van der Waals surface area contributed by atoms with Gasteiger partial charge in [-0.1, -0.05) is 18.0 Å². The topological polar surface area (TPSA) is 101 Å². The molecule has 0 aliphatic heterocycles. The van der Waals surface area contributed by atoms with Crippen LogP contribution in [0.2, 0.25) is 0 Å². The number of sulfonamides is 1. The molecule has 0 saturated heterocycles. The first-order valence-electron chi connectivity index (χ1n) is 6.51. The van der Waals surface area contributed by atoms with E-state index >= 15 is 0 Å². The van der Waals surface area contributed by atoms with Crippen molar-refractivity contribution in [3.63, 3.8) is 0 Å². The minimum Gasteiger partial charge on any atom is -0.360 e. The van der Waals surface area contributed by atoms with Crippen molar-refractivity contribution in [1.82, 2.24) is 15.2 Å². The first kappa shape index (κ1) is 15.0. The molecule has 0 atom stereocenters. The Morgan fingerprint density at radius 1 is 1.30 bits per heavy atom. The predicted octanol–water partition coefficient (Wildman–Crippen LogP) is 0.629. The van der Waals surface area contributed by atoms with E-state index in [1.165, 1.54) is 14.0 Å². The third-order valence-electron chi connectivity index (χ3n) is 3.69. The molecular formula is C12H19N3O4S. The molecule has 20 heavy (non-hydrogen) atoms. The summed E-state index contributed by atoms with van der Waals surface area (Å²) in [7, 11) is -2.34. The van der Waals surface area contributed by atoms with Gasteiger partial charge >= 0.3 is 0 Å². The number of hydrogen-bond acceptors (Lipinski definition) is 5. The summed E-state index contributed by atoms with van der Waals surface area (Å²) < 4.78 is 32.5. The highest BCUT2D eigenvalue weighted by molar-refractivity contribution is 7.89. The van der Waals surface area contributed by atoms with Crippen LogP contribution in [0.1, 0.15) is 37.1 Å². The highest BCUT2D eigenvalue weighted by Gasteiger charge is 2.45. The molecule has 1 aliphatic rings. The lowest BCUT2D eigenvalue weighted by molar-refractivity contribution is -0.126. The molecule has 1 aromatic rings. The molecule has 1 aliphatic carbocycles. The minimum absolute atomic E-state index is 0.0210. The summed E-state index contributed by atoms with van der Waals surface area (Å²) in [5, 5.41) is 6.19. The van der Waals surface area contributed by atoms with Crippen molar-refractivity contribution in [3.8, 4) is 0 Å². The predicted molar refractivity (Wildman–Crippen MR) is 71.6 cm³/mol. The number of aromatic nitrogens is 1. The van der Waals surface area contributed by atoms with Crippen molar-refractivity contribution < 1.29 is 17.7 Å². The van der Waals surface area contributed by atoms with Gasteiger partial charge in [-0.25, -0.2) is 8.42 Å². The maximum atomic E-state index is 12.5. The molecule has 0 aromatic carbocycles. The van der Waals surface area contributed by atoms with Crippen molar-refractivity contribution in [2.45, 2.75) is 50.0 Å². The van der Waals surface area contributed by atoms with Crippen LogP contribution in [0.4, 0.5) is 0 Å². The lowest BCUT2D eigenvalue weighted by Gasteiger charge is -2.27. The fraction of sp³-hybridized carbons (Fsp3) is 0.667. The summed E-state index contributed by atoms with van der Waals surface area (Å²) in [4.78, 5) is 12.1. The van der Waals surface area contributed by atoms with Crippen LogP contribution in [-0.4, -0.2) is 32.1 Å². The van der Waals surface area contributed by atoms with Crippen LogP contribution < -0.4 is 10.0 Å². The Hall–Kier alpha value is -1.41. The van der Waals surface area contributed by atoms with Crippen LogP contribution in [0, 0.1) is 13.8 Å². The molecule has 0 bridgehead atoms. The van der Waals surface area contributed by atoms with Gasteiger partial charge in [0, 0.05) is 7.05 Å². The standard InChI is InChI=1S/C12H19N3O4S/c1-8-10(9(2)19-14-8)20(17,18)15-12(11(16)13-3)6-4-5-7-12/h15H,4-7H2,1-3H3,(H,13,16). The van der Waals surface area contributed by atoms with Crippen molar-refractivity contribution >= 4 is 15.9 Å². The minimum atomic E-state index is -3.84. The third kappa shape index (κ3) is 2.45. The molecule has 0 unspecified atom stereocenters. The van der Waals surface area contributed by atoms with E-state index in [0.717, 1.165) is 12.8 Å². The number of carbonyl (C=O) groups excluding carboxylic acids is 1. The fourth-order valence-corrected chi connectivity index (χ4v) is 4.51. The molecule has 0 radical (unpaired) electrons. The zero-order valence-electron chi connectivity index (χ0n) is 11.8. The van der Waals surface area contributed by atoms with E-state index in [4.69, 9.17) is 4.52 Å². The molecule has 8 heteroatoms. The third-order valence-corrected chi connectivity index (χ3v) is 5.46. The molecule has 0 spiro atoms. The van der Waals surface area contributed by atoms with Gasteiger partial charge in [-0.15, -0.1) is 0 Å². The highest BCUT2D eigenvalue weighted by Crippen LogP contribution is 2.32. The monoisotopic (exact) mass is 301 g/mol. The van der Waals surface area contributed by atoms with Gasteiger partial charge in [0.1, 0.15) is 16.1 Å². The maximum absolute atomic E-state index is 12.5. The van der Waals surface area contributed by atoms with E-state index in [-0.39, 0.29) is 16.6 Å².